The van der Waals surface area contributed by atoms with Crippen LogP contribution in [0.4, 0.5) is 0 Å². The van der Waals surface area contributed by atoms with Gasteiger partial charge in [-0.3, -0.25) is 4.79 Å². The standard InChI is InChI=1S/C10H10Br2ClNO/c1-14(5-4-11)10(15)8-3-2-7(13)6-9(8)12/h2-3,6H,4-5H2,1H3. The molecule has 0 saturated carbocycles. The Balaban J connectivity index is 2.91. The molecule has 0 radical (unpaired) electrons. The summed E-state index contributed by atoms with van der Waals surface area (Å²) >= 11 is 12.4. The first kappa shape index (κ1) is 13.0. The van der Waals surface area contributed by atoms with Crippen molar-refractivity contribution in [3.05, 3.63) is 33.3 Å². The molecule has 0 aliphatic rings. The highest BCUT2D eigenvalue weighted by Crippen LogP contribution is 2.22. The molecule has 1 aromatic carbocycles. The Morgan fingerprint density at radius 2 is 2.20 bits per heavy atom. The lowest BCUT2D eigenvalue weighted by Gasteiger charge is -2.16. The number of halogens is 3. The van der Waals surface area contributed by atoms with Crippen molar-refractivity contribution in [1.29, 1.82) is 0 Å². The third kappa shape index (κ3) is 3.47. The van der Waals surface area contributed by atoms with E-state index in [-0.39, 0.29) is 5.91 Å². The van der Waals surface area contributed by atoms with Crippen LogP contribution in [0.1, 0.15) is 10.4 Å². The van der Waals surface area contributed by atoms with E-state index in [4.69, 9.17) is 11.6 Å². The van der Waals surface area contributed by atoms with E-state index in [1.165, 1.54) is 0 Å². The zero-order chi connectivity index (χ0) is 11.4. The second-order valence-corrected chi connectivity index (χ2v) is 5.12. The summed E-state index contributed by atoms with van der Waals surface area (Å²) in [6.45, 7) is 0.675. The van der Waals surface area contributed by atoms with Gasteiger partial charge >= 0.3 is 0 Å². The lowest BCUT2D eigenvalue weighted by Crippen LogP contribution is -2.28. The van der Waals surface area contributed by atoms with Crippen LogP contribution in [-0.4, -0.2) is 29.7 Å². The van der Waals surface area contributed by atoms with Gasteiger partial charge in [-0.15, -0.1) is 0 Å². The smallest absolute Gasteiger partial charge is 0.254 e. The van der Waals surface area contributed by atoms with Crippen LogP contribution in [0.25, 0.3) is 0 Å². The monoisotopic (exact) mass is 353 g/mol. The highest BCUT2D eigenvalue weighted by atomic mass is 79.9. The fourth-order valence-corrected chi connectivity index (χ4v) is 2.48. The Morgan fingerprint density at radius 1 is 1.53 bits per heavy atom. The van der Waals surface area contributed by atoms with Gasteiger partial charge in [-0.25, -0.2) is 0 Å². The predicted molar refractivity (Wildman–Crippen MR) is 69.9 cm³/mol. The fourth-order valence-electron chi connectivity index (χ4n) is 1.10. The number of benzene rings is 1. The minimum absolute atomic E-state index is 0.0157. The van der Waals surface area contributed by atoms with Crippen molar-refractivity contribution in [3.63, 3.8) is 0 Å². The first-order chi connectivity index (χ1) is 7.06. The Morgan fingerprint density at radius 3 is 2.73 bits per heavy atom. The Kier molecular flexibility index (Phi) is 5.09. The third-order valence-corrected chi connectivity index (χ3v) is 3.17. The van der Waals surface area contributed by atoms with Crippen LogP contribution in [0.5, 0.6) is 0 Å². The molecule has 82 valence electrons. The van der Waals surface area contributed by atoms with Gasteiger partial charge in [0.25, 0.3) is 5.91 Å². The van der Waals surface area contributed by atoms with E-state index in [9.17, 15) is 4.79 Å². The quantitative estimate of drug-likeness (QED) is 0.759. The van der Waals surface area contributed by atoms with Crippen LogP contribution in [0.2, 0.25) is 5.02 Å². The fraction of sp³-hybridized carbons (Fsp3) is 0.300. The normalized spacial score (nSPS) is 10.1. The molecule has 0 aliphatic carbocycles. The molecule has 0 fully saturated rings. The zero-order valence-corrected chi connectivity index (χ0v) is 12.1. The summed E-state index contributed by atoms with van der Waals surface area (Å²) in [6.07, 6.45) is 0. The summed E-state index contributed by atoms with van der Waals surface area (Å²) in [5, 5.41) is 1.38. The molecular weight excluding hydrogens is 345 g/mol. The molecule has 0 aromatic heterocycles. The van der Waals surface area contributed by atoms with Crippen molar-refractivity contribution in [2.75, 3.05) is 18.9 Å². The zero-order valence-electron chi connectivity index (χ0n) is 8.14. The second-order valence-electron chi connectivity index (χ2n) is 3.04. The summed E-state index contributed by atoms with van der Waals surface area (Å²) in [5.41, 5.74) is 0.628. The van der Waals surface area contributed by atoms with Crippen molar-refractivity contribution < 1.29 is 4.79 Å². The van der Waals surface area contributed by atoms with E-state index in [0.717, 1.165) is 9.80 Å². The van der Waals surface area contributed by atoms with Crippen LogP contribution in [0, 0.1) is 0 Å². The number of carbonyl (C=O) groups is 1. The van der Waals surface area contributed by atoms with Crippen molar-refractivity contribution in [1.82, 2.24) is 4.90 Å². The molecule has 0 atom stereocenters. The van der Waals surface area contributed by atoms with Gasteiger partial charge in [0.05, 0.1) is 5.56 Å². The maximum atomic E-state index is 11.9. The Bertz CT molecular complexity index is 370. The molecule has 0 heterocycles. The first-order valence-electron chi connectivity index (χ1n) is 4.32. The van der Waals surface area contributed by atoms with E-state index >= 15 is 0 Å². The van der Waals surface area contributed by atoms with E-state index in [0.29, 0.717) is 17.1 Å². The molecule has 2 nitrogen and oxygen atoms in total. The summed E-state index contributed by atoms with van der Waals surface area (Å²) in [4.78, 5) is 13.6. The summed E-state index contributed by atoms with van der Waals surface area (Å²) < 4.78 is 0.724. The highest BCUT2D eigenvalue weighted by molar-refractivity contribution is 9.10. The summed E-state index contributed by atoms with van der Waals surface area (Å²) in [6, 6.07) is 5.15. The number of amides is 1. The molecule has 5 heteroatoms. The van der Waals surface area contributed by atoms with Gasteiger partial charge in [-0.05, 0) is 34.1 Å². The van der Waals surface area contributed by atoms with Crippen LogP contribution < -0.4 is 0 Å². The van der Waals surface area contributed by atoms with Crippen LogP contribution >= 0.6 is 43.5 Å². The van der Waals surface area contributed by atoms with Crippen LogP contribution in [0.15, 0.2) is 22.7 Å². The summed E-state index contributed by atoms with van der Waals surface area (Å²) in [5.74, 6) is -0.0157. The number of alkyl halides is 1. The lowest BCUT2D eigenvalue weighted by molar-refractivity contribution is 0.0803. The molecule has 0 bridgehead atoms. The van der Waals surface area contributed by atoms with Gasteiger partial charge < -0.3 is 4.90 Å². The molecule has 0 aliphatic heterocycles. The van der Waals surface area contributed by atoms with E-state index < -0.39 is 0 Å². The SMILES string of the molecule is CN(CCBr)C(=O)c1ccc(Cl)cc1Br. The number of nitrogens with zero attached hydrogens (tertiary/aromatic N) is 1. The molecule has 0 N–H and O–H groups in total. The maximum Gasteiger partial charge on any atom is 0.254 e. The van der Waals surface area contributed by atoms with Crippen molar-refractivity contribution >= 4 is 49.4 Å². The van der Waals surface area contributed by atoms with E-state index in [1.807, 2.05) is 0 Å². The molecule has 15 heavy (non-hydrogen) atoms. The molecule has 1 aromatic rings. The average Bonchev–Trinajstić information content (AvgIpc) is 2.17. The van der Waals surface area contributed by atoms with Gasteiger partial charge in [-0.1, -0.05) is 27.5 Å². The van der Waals surface area contributed by atoms with Gasteiger partial charge in [-0.2, -0.15) is 0 Å². The van der Waals surface area contributed by atoms with Gasteiger partial charge in [0.15, 0.2) is 0 Å². The molecule has 1 rings (SSSR count). The van der Waals surface area contributed by atoms with Crippen LogP contribution in [-0.2, 0) is 0 Å². The average molecular weight is 355 g/mol. The minimum atomic E-state index is -0.0157. The van der Waals surface area contributed by atoms with E-state index in [2.05, 4.69) is 31.9 Å². The van der Waals surface area contributed by atoms with Crippen molar-refractivity contribution in [2.24, 2.45) is 0 Å². The highest BCUT2D eigenvalue weighted by Gasteiger charge is 2.14. The first-order valence-corrected chi connectivity index (χ1v) is 6.62. The van der Waals surface area contributed by atoms with Gasteiger partial charge in [0.1, 0.15) is 0 Å². The second kappa shape index (κ2) is 5.87. The molecule has 1 amide bonds. The number of rotatable bonds is 3. The topological polar surface area (TPSA) is 20.3 Å². The minimum Gasteiger partial charge on any atom is -0.341 e. The van der Waals surface area contributed by atoms with Gasteiger partial charge in [0, 0.05) is 28.4 Å². The Hall–Kier alpha value is -0.0600. The predicted octanol–water partition coefficient (Wildman–Crippen LogP) is 3.57. The van der Waals surface area contributed by atoms with Gasteiger partial charge in [0.2, 0.25) is 0 Å². The summed E-state index contributed by atoms with van der Waals surface area (Å²) in [7, 11) is 1.77. The molecule has 0 saturated heterocycles. The molecule has 0 unspecified atom stereocenters. The third-order valence-electron chi connectivity index (χ3n) is 1.93. The van der Waals surface area contributed by atoms with Crippen molar-refractivity contribution in [2.45, 2.75) is 0 Å². The van der Waals surface area contributed by atoms with Crippen molar-refractivity contribution in [3.8, 4) is 0 Å². The lowest BCUT2D eigenvalue weighted by atomic mass is 10.2. The Labute approximate surface area is 111 Å². The molecule has 0 spiro atoms. The number of hydrogen-bond acceptors (Lipinski definition) is 1. The van der Waals surface area contributed by atoms with E-state index in [1.54, 1.807) is 30.1 Å². The maximum absolute atomic E-state index is 11.9. The number of hydrogen-bond donors (Lipinski definition) is 0. The largest absolute Gasteiger partial charge is 0.341 e. The number of carbonyl (C=O) groups excluding carboxylic acids is 1. The van der Waals surface area contributed by atoms with Crippen LogP contribution in [0.3, 0.4) is 0 Å². The molecular formula is C10H10Br2ClNO.